The summed E-state index contributed by atoms with van der Waals surface area (Å²) in [6.45, 7) is 7.84. The number of hydrogen-bond donors (Lipinski definition) is 1. The minimum atomic E-state index is -0.945. The first-order valence-electron chi connectivity index (χ1n) is 6.47. The number of piperidine rings is 1. The second kappa shape index (κ2) is 5.59. The van der Waals surface area contributed by atoms with Crippen LogP contribution in [-0.2, 0) is 9.53 Å². The van der Waals surface area contributed by atoms with Gasteiger partial charge in [0.25, 0.3) is 0 Å². The van der Waals surface area contributed by atoms with Gasteiger partial charge in [-0.25, -0.2) is 9.59 Å². The largest absolute Gasteiger partial charge is 0.480 e. The average molecular weight is 257 g/mol. The fourth-order valence-electron chi connectivity index (χ4n) is 2.18. The van der Waals surface area contributed by atoms with Crippen LogP contribution in [0.4, 0.5) is 4.79 Å². The molecule has 18 heavy (non-hydrogen) atoms. The molecule has 104 valence electrons. The number of carbonyl (C=O) groups excluding carboxylic acids is 1. The molecule has 1 saturated heterocycles. The summed E-state index contributed by atoms with van der Waals surface area (Å²) in [4.78, 5) is 24.6. The van der Waals surface area contributed by atoms with Crippen molar-refractivity contribution < 1.29 is 19.4 Å². The Balaban J connectivity index is 2.74. The van der Waals surface area contributed by atoms with E-state index >= 15 is 0 Å². The lowest BCUT2D eigenvalue weighted by Gasteiger charge is -2.37. The summed E-state index contributed by atoms with van der Waals surface area (Å²) in [5.74, 6) is -0.566. The third-order valence-corrected chi connectivity index (χ3v) is 3.20. The zero-order valence-corrected chi connectivity index (χ0v) is 11.6. The van der Waals surface area contributed by atoms with E-state index in [1.54, 1.807) is 20.8 Å². The molecule has 0 bridgehead atoms. The van der Waals surface area contributed by atoms with Crippen molar-refractivity contribution in [1.29, 1.82) is 0 Å². The maximum atomic E-state index is 12.0. The number of carboxylic acid groups (broad SMARTS) is 1. The zero-order chi connectivity index (χ0) is 13.9. The third-order valence-electron chi connectivity index (χ3n) is 3.20. The molecule has 0 aromatic carbocycles. The fraction of sp³-hybridized carbons (Fsp3) is 0.846. The summed E-state index contributed by atoms with van der Waals surface area (Å²) >= 11 is 0. The number of hydrogen-bond acceptors (Lipinski definition) is 3. The molecule has 1 fully saturated rings. The molecular formula is C13H23NO4. The van der Waals surface area contributed by atoms with Crippen LogP contribution < -0.4 is 0 Å². The molecule has 2 atom stereocenters. The molecular weight excluding hydrogens is 234 g/mol. The SMILES string of the molecule is CCC1CCN(C(=O)OC(C)(C)C)C(C(=O)O)C1. The van der Waals surface area contributed by atoms with E-state index in [1.807, 2.05) is 6.92 Å². The molecule has 1 rings (SSSR count). The highest BCUT2D eigenvalue weighted by molar-refractivity contribution is 5.80. The highest BCUT2D eigenvalue weighted by Crippen LogP contribution is 2.27. The van der Waals surface area contributed by atoms with E-state index in [4.69, 9.17) is 4.74 Å². The Kier molecular flexibility index (Phi) is 4.59. The molecule has 0 saturated carbocycles. The van der Waals surface area contributed by atoms with Gasteiger partial charge in [-0.15, -0.1) is 0 Å². The minimum absolute atomic E-state index is 0.379. The monoisotopic (exact) mass is 257 g/mol. The van der Waals surface area contributed by atoms with Crippen molar-refractivity contribution in [3.05, 3.63) is 0 Å². The second-order valence-corrected chi connectivity index (χ2v) is 5.83. The van der Waals surface area contributed by atoms with E-state index in [-0.39, 0.29) is 0 Å². The van der Waals surface area contributed by atoms with E-state index < -0.39 is 23.7 Å². The maximum Gasteiger partial charge on any atom is 0.411 e. The van der Waals surface area contributed by atoms with Crippen LogP contribution in [0.3, 0.4) is 0 Å². The molecule has 0 spiro atoms. The highest BCUT2D eigenvalue weighted by Gasteiger charge is 2.37. The Morgan fingerprint density at radius 1 is 1.39 bits per heavy atom. The first-order valence-corrected chi connectivity index (χ1v) is 6.47. The zero-order valence-electron chi connectivity index (χ0n) is 11.6. The summed E-state index contributed by atoms with van der Waals surface area (Å²) in [6, 6.07) is -0.751. The van der Waals surface area contributed by atoms with Crippen molar-refractivity contribution in [2.75, 3.05) is 6.54 Å². The van der Waals surface area contributed by atoms with Crippen LogP contribution >= 0.6 is 0 Å². The molecule has 5 nitrogen and oxygen atoms in total. The van der Waals surface area contributed by atoms with Gasteiger partial charge in [0.15, 0.2) is 0 Å². The van der Waals surface area contributed by atoms with Gasteiger partial charge in [0, 0.05) is 6.54 Å². The molecule has 1 heterocycles. The van der Waals surface area contributed by atoms with Crippen molar-refractivity contribution in [2.45, 2.75) is 58.6 Å². The lowest BCUT2D eigenvalue weighted by molar-refractivity contribution is -0.145. The van der Waals surface area contributed by atoms with Gasteiger partial charge in [-0.1, -0.05) is 13.3 Å². The number of carboxylic acids is 1. The second-order valence-electron chi connectivity index (χ2n) is 5.83. The van der Waals surface area contributed by atoms with Crippen LogP contribution in [-0.4, -0.2) is 40.3 Å². The number of nitrogens with zero attached hydrogens (tertiary/aromatic N) is 1. The van der Waals surface area contributed by atoms with Crippen molar-refractivity contribution in [1.82, 2.24) is 4.90 Å². The van der Waals surface area contributed by atoms with E-state index in [0.717, 1.165) is 12.8 Å². The minimum Gasteiger partial charge on any atom is -0.480 e. The van der Waals surface area contributed by atoms with Gasteiger partial charge in [0.1, 0.15) is 11.6 Å². The molecule has 0 aromatic rings. The van der Waals surface area contributed by atoms with E-state index in [0.29, 0.717) is 18.9 Å². The standard InChI is InChI=1S/C13H23NO4/c1-5-9-6-7-14(10(8-9)11(15)16)12(17)18-13(2,3)4/h9-10H,5-8H2,1-4H3,(H,15,16). The van der Waals surface area contributed by atoms with Gasteiger partial charge in [-0.05, 0) is 39.5 Å². The van der Waals surface area contributed by atoms with E-state index in [9.17, 15) is 14.7 Å². The van der Waals surface area contributed by atoms with Crippen LogP contribution in [0.25, 0.3) is 0 Å². The van der Waals surface area contributed by atoms with Crippen molar-refractivity contribution >= 4 is 12.1 Å². The summed E-state index contributed by atoms with van der Waals surface area (Å²) in [5, 5.41) is 9.22. The van der Waals surface area contributed by atoms with Gasteiger partial charge in [-0.3, -0.25) is 4.90 Å². The Labute approximate surface area is 108 Å². The summed E-state index contributed by atoms with van der Waals surface area (Å²) < 4.78 is 5.25. The Morgan fingerprint density at radius 2 is 2.00 bits per heavy atom. The van der Waals surface area contributed by atoms with Gasteiger partial charge < -0.3 is 9.84 Å². The molecule has 1 aliphatic rings. The predicted octanol–water partition coefficient (Wildman–Crippen LogP) is 2.50. The van der Waals surface area contributed by atoms with E-state index in [1.165, 1.54) is 4.90 Å². The van der Waals surface area contributed by atoms with Crippen LogP contribution in [0.15, 0.2) is 0 Å². The number of likely N-dealkylation sites (tertiary alicyclic amines) is 1. The van der Waals surface area contributed by atoms with Crippen LogP contribution in [0.5, 0.6) is 0 Å². The molecule has 0 radical (unpaired) electrons. The summed E-state index contributed by atoms with van der Waals surface area (Å²) in [5.41, 5.74) is -0.595. The van der Waals surface area contributed by atoms with Crippen LogP contribution in [0.1, 0.15) is 47.0 Å². The van der Waals surface area contributed by atoms with Gasteiger partial charge in [0.2, 0.25) is 0 Å². The highest BCUT2D eigenvalue weighted by atomic mass is 16.6. The van der Waals surface area contributed by atoms with Gasteiger partial charge in [-0.2, -0.15) is 0 Å². The van der Waals surface area contributed by atoms with Crippen LogP contribution in [0.2, 0.25) is 0 Å². The summed E-state index contributed by atoms with van der Waals surface area (Å²) in [6.07, 6.45) is 1.79. The topological polar surface area (TPSA) is 66.8 Å². The lowest BCUT2D eigenvalue weighted by atomic mass is 9.89. The molecule has 1 aliphatic heterocycles. The molecule has 0 aliphatic carbocycles. The lowest BCUT2D eigenvalue weighted by Crippen LogP contribution is -2.51. The number of rotatable bonds is 2. The fourth-order valence-corrected chi connectivity index (χ4v) is 2.18. The maximum absolute atomic E-state index is 12.0. The Hall–Kier alpha value is -1.26. The van der Waals surface area contributed by atoms with Crippen LogP contribution in [0, 0.1) is 5.92 Å². The van der Waals surface area contributed by atoms with Crippen molar-refractivity contribution in [3.8, 4) is 0 Å². The normalized spacial score (nSPS) is 24.8. The smallest absolute Gasteiger partial charge is 0.411 e. The van der Waals surface area contributed by atoms with Crippen molar-refractivity contribution in [3.63, 3.8) is 0 Å². The first-order chi connectivity index (χ1) is 8.24. The number of ether oxygens (including phenoxy) is 1. The van der Waals surface area contributed by atoms with Gasteiger partial charge >= 0.3 is 12.1 Å². The van der Waals surface area contributed by atoms with E-state index in [2.05, 4.69) is 0 Å². The van der Waals surface area contributed by atoms with Gasteiger partial charge in [0.05, 0.1) is 0 Å². The van der Waals surface area contributed by atoms with Crippen molar-refractivity contribution in [2.24, 2.45) is 5.92 Å². The predicted molar refractivity (Wildman–Crippen MR) is 67.4 cm³/mol. The molecule has 1 N–H and O–H groups in total. The quantitative estimate of drug-likeness (QED) is 0.825. The number of amides is 1. The molecule has 5 heteroatoms. The number of carbonyl (C=O) groups is 2. The molecule has 0 aromatic heterocycles. The first kappa shape index (κ1) is 14.8. The molecule has 2 unspecified atom stereocenters. The summed E-state index contributed by atoms with van der Waals surface area (Å²) in [7, 11) is 0. The number of aliphatic carboxylic acids is 1. The molecule has 1 amide bonds. The third kappa shape index (κ3) is 3.89. The average Bonchev–Trinajstić information content (AvgIpc) is 2.25. The Morgan fingerprint density at radius 3 is 2.44 bits per heavy atom. The Bertz CT molecular complexity index is 321.